The van der Waals surface area contributed by atoms with Gasteiger partial charge in [-0.25, -0.2) is 0 Å². The highest BCUT2D eigenvalue weighted by atomic mass is 16.2. The second-order valence-corrected chi connectivity index (χ2v) is 9.39. The van der Waals surface area contributed by atoms with Gasteiger partial charge in [0.1, 0.15) is 6.54 Å². The van der Waals surface area contributed by atoms with Crippen molar-refractivity contribution in [1.29, 1.82) is 0 Å². The summed E-state index contributed by atoms with van der Waals surface area (Å²) in [6.45, 7) is 2.48. The summed E-state index contributed by atoms with van der Waals surface area (Å²) in [5.74, 6) is 2.71. The molecule has 2 aromatic rings. The Labute approximate surface area is 160 Å². The van der Waals surface area contributed by atoms with Gasteiger partial charge in [-0.1, -0.05) is 12.1 Å². The van der Waals surface area contributed by atoms with Crippen molar-refractivity contribution in [3.8, 4) is 0 Å². The van der Waals surface area contributed by atoms with E-state index < -0.39 is 0 Å². The second-order valence-electron chi connectivity index (χ2n) is 9.39. The minimum Gasteiger partial charge on any atom is -0.352 e. The molecular weight excluding hydrogens is 336 g/mol. The Kier molecular flexibility index (Phi) is 3.92. The largest absolute Gasteiger partial charge is 0.352 e. The Balaban J connectivity index is 1.33. The number of amides is 1. The summed E-state index contributed by atoms with van der Waals surface area (Å²) in [6.07, 6.45) is 9.87. The quantitative estimate of drug-likeness (QED) is 0.899. The third kappa shape index (κ3) is 2.90. The van der Waals surface area contributed by atoms with Crippen LogP contribution in [0.4, 0.5) is 0 Å². The van der Waals surface area contributed by atoms with E-state index in [1.54, 1.807) is 12.3 Å². The number of rotatable bonds is 4. The van der Waals surface area contributed by atoms with Crippen LogP contribution in [0.15, 0.2) is 41.3 Å². The molecule has 1 atom stereocenters. The number of para-hydroxylation sites is 1. The van der Waals surface area contributed by atoms with Gasteiger partial charge in [-0.05, 0) is 80.8 Å². The number of carbonyl (C=O) groups excluding carboxylic acids is 1. The molecule has 4 aliphatic rings. The van der Waals surface area contributed by atoms with E-state index in [9.17, 15) is 9.59 Å². The number of benzene rings is 1. The van der Waals surface area contributed by atoms with Crippen molar-refractivity contribution in [1.82, 2.24) is 9.88 Å². The highest BCUT2D eigenvalue weighted by Gasteiger charge is 2.53. The van der Waals surface area contributed by atoms with Crippen molar-refractivity contribution in [2.75, 3.05) is 0 Å². The Morgan fingerprint density at radius 1 is 1.11 bits per heavy atom. The molecule has 1 amide bonds. The molecule has 4 heteroatoms. The zero-order chi connectivity index (χ0) is 18.6. The lowest BCUT2D eigenvalue weighted by Crippen LogP contribution is -2.56. The molecular formula is C23H28N2O2. The van der Waals surface area contributed by atoms with Crippen LogP contribution < -0.4 is 10.7 Å². The molecule has 0 unspecified atom stereocenters. The van der Waals surface area contributed by atoms with Crippen molar-refractivity contribution in [2.45, 2.75) is 58.0 Å². The van der Waals surface area contributed by atoms with Crippen LogP contribution in [0, 0.1) is 23.2 Å². The number of pyridine rings is 1. The summed E-state index contributed by atoms with van der Waals surface area (Å²) in [7, 11) is 0. The molecule has 0 radical (unpaired) electrons. The minimum absolute atomic E-state index is 0.00388. The lowest BCUT2D eigenvalue weighted by Gasteiger charge is -2.59. The molecule has 1 aromatic heterocycles. The summed E-state index contributed by atoms with van der Waals surface area (Å²) >= 11 is 0. The highest BCUT2D eigenvalue weighted by molar-refractivity contribution is 5.82. The Bertz CT molecular complexity index is 910. The first-order valence-electron chi connectivity index (χ1n) is 10.4. The predicted octanol–water partition coefficient (Wildman–Crippen LogP) is 3.72. The average molecular weight is 364 g/mol. The number of hydrogen-bond donors (Lipinski definition) is 1. The van der Waals surface area contributed by atoms with Gasteiger partial charge in [-0.15, -0.1) is 0 Å². The summed E-state index contributed by atoms with van der Waals surface area (Å²) in [5.41, 5.74) is 1.14. The van der Waals surface area contributed by atoms with E-state index in [1.165, 1.54) is 38.5 Å². The van der Waals surface area contributed by atoms with Gasteiger partial charge in [-0.3, -0.25) is 9.59 Å². The predicted molar refractivity (Wildman–Crippen MR) is 106 cm³/mol. The third-order valence-electron chi connectivity index (χ3n) is 7.58. The van der Waals surface area contributed by atoms with Gasteiger partial charge < -0.3 is 9.88 Å². The molecule has 4 saturated carbocycles. The van der Waals surface area contributed by atoms with Crippen molar-refractivity contribution in [2.24, 2.45) is 23.2 Å². The Morgan fingerprint density at radius 3 is 2.41 bits per heavy atom. The van der Waals surface area contributed by atoms with Crippen LogP contribution in [0.5, 0.6) is 0 Å². The van der Waals surface area contributed by atoms with Crippen LogP contribution in [0.1, 0.15) is 45.4 Å². The molecule has 4 fully saturated rings. The second kappa shape index (κ2) is 6.22. The third-order valence-corrected chi connectivity index (χ3v) is 7.58. The molecule has 4 nitrogen and oxygen atoms in total. The van der Waals surface area contributed by atoms with Gasteiger partial charge in [0.15, 0.2) is 5.43 Å². The fourth-order valence-corrected chi connectivity index (χ4v) is 6.70. The summed E-state index contributed by atoms with van der Waals surface area (Å²) in [6, 6.07) is 9.29. The van der Waals surface area contributed by atoms with Gasteiger partial charge in [0, 0.05) is 23.7 Å². The van der Waals surface area contributed by atoms with Gasteiger partial charge in [-0.2, -0.15) is 0 Å². The Hall–Kier alpha value is -2.10. The molecule has 0 saturated heterocycles. The van der Waals surface area contributed by atoms with Crippen LogP contribution >= 0.6 is 0 Å². The maximum atomic E-state index is 12.8. The number of nitrogens with zero attached hydrogens (tertiary/aromatic N) is 1. The van der Waals surface area contributed by atoms with E-state index in [4.69, 9.17) is 0 Å². The first-order chi connectivity index (χ1) is 13.0. The van der Waals surface area contributed by atoms with Gasteiger partial charge in [0.05, 0.1) is 5.52 Å². The van der Waals surface area contributed by atoms with Crippen LogP contribution in [0.25, 0.3) is 10.9 Å². The van der Waals surface area contributed by atoms with Crippen molar-refractivity contribution in [3.63, 3.8) is 0 Å². The smallest absolute Gasteiger partial charge is 0.240 e. The van der Waals surface area contributed by atoms with Crippen LogP contribution in [0.3, 0.4) is 0 Å². The van der Waals surface area contributed by atoms with Gasteiger partial charge >= 0.3 is 0 Å². The molecule has 0 spiro atoms. The molecule has 1 heterocycles. The fraction of sp³-hybridized carbons (Fsp3) is 0.565. The molecule has 1 aromatic carbocycles. The van der Waals surface area contributed by atoms with E-state index in [-0.39, 0.29) is 23.9 Å². The van der Waals surface area contributed by atoms with Crippen molar-refractivity contribution < 1.29 is 4.79 Å². The molecule has 4 aliphatic carbocycles. The molecule has 27 heavy (non-hydrogen) atoms. The zero-order valence-corrected chi connectivity index (χ0v) is 16.0. The SMILES string of the molecule is C[C@H](NC(=O)Cn1ccc(=O)c2ccccc21)C12CC3CC(CC(C3)C1)C2. The molecule has 0 aliphatic heterocycles. The number of aromatic nitrogens is 1. The van der Waals surface area contributed by atoms with Crippen LogP contribution in [-0.2, 0) is 11.3 Å². The fourth-order valence-electron chi connectivity index (χ4n) is 6.70. The summed E-state index contributed by atoms with van der Waals surface area (Å²) in [5, 5.41) is 4.00. The zero-order valence-electron chi connectivity index (χ0n) is 16.0. The summed E-state index contributed by atoms with van der Waals surface area (Å²) < 4.78 is 1.89. The maximum absolute atomic E-state index is 12.8. The molecule has 142 valence electrons. The van der Waals surface area contributed by atoms with Gasteiger partial charge in [0.25, 0.3) is 0 Å². The first kappa shape index (κ1) is 17.0. The van der Waals surface area contributed by atoms with E-state index in [0.29, 0.717) is 10.8 Å². The number of carbonyl (C=O) groups is 1. The van der Waals surface area contributed by atoms with Crippen molar-refractivity contribution >= 4 is 16.8 Å². The number of hydrogen-bond acceptors (Lipinski definition) is 2. The minimum atomic E-state index is 0.00388. The summed E-state index contributed by atoms with van der Waals surface area (Å²) in [4.78, 5) is 24.9. The normalized spacial score (nSPS) is 32.6. The lowest BCUT2D eigenvalue weighted by atomic mass is 9.48. The van der Waals surface area contributed by atoms with Crippen molar-refractivity contribution in [3.05, 3.63) is 46.8 Å². The standard InChI is InChI=1S/C23H28N2O2/c1-15(23-11-16-8-17(12-23)10-18(9-16)13-23)24-22(27)14-25-7-6-21(26)19-4-2-3-5-20(19)25/h2-7,15-18H,8-14H2,1H3,(H,24,27)/t15-,16?,17?,18?,23?/m0/s1. The van der Waals surface area contributed by atoms with E-state index in [2.05, 4.69) is 12.2 Å². The molecule has 4 bridgehead atoms. The number of fused-ring (bicyclic) bond motifs is 1. The van der Waals surface area contributed by atoms with E-state index in [0.717, 1.165) is 23.3 Å². The van der Waals surface area contributed by atoms with Crippen LogP contribution in [0.2, 0.25) is 0 Å². The van der Waals surface area contributed by atoms with Gasteiger partial charge in [0.2, 0.25) is 5.91 Å². The highest BCUT2D eigenvalue weighted by Crippen LogP contribution is 2.61. The monoisotopic (exact) mass is 364 g/mol. The van der Waals surface area contributed by atoms with E-state index >= 15 is 0 Å². The first-order valence-corrected chi connectivity index (χ1v) is 10.4. The average Bonchev–Trinajstić information content (AvgIpc) is 2.63. The Morgan fingerprint density at radius 2 is 1.74 bits per heavy atom. The van der Waals surface area contributed by atoms with Crippen LogP contribution in [-0.4, -0.2) is 16.5 Å². The lowest BCUT2D eigenvalue weighted by molar-refractivity contribution is -0.126. The number of nitrogens with one attached hydrogen (secondary N) is 1. The molecule has 6 rings (SSSR count). The van der Waals surface area contributed by atoms with E-state index in [1.807, 2.05) is 28.8 Å². The maximum Gasteiger partial charge on any atom is 0.240 e. The topological polar surface area (TPSA) is 51.1 Å². The molecule has 1 N–H and O–H groups in total.